The molecule has 4 nitrogen and oxygen atoms in total. The van der Waals surface area contributed by atoms with Gasteiger partial charge >= 0.3 is 0 Å². The van der Waals surface area contributed by atoms with Crippen LogP contribution in [-0.2, 0) is 16.1 Å². The van der Waals surface area contributed by atoms with E-state index in [0.717, 1.165) is 18.8 Å². The maximum Gasteiger partial charge on any atom is 0.250 e. The Morgan fingerprint density at radius 1 is 1.45 bits per heavy atom. The first-order valence-corrected chi connectivity index (χ1v) is 7.04. The zero-order valence-corrected chi connectivity index (χ0v) is 12.5. The Labute approximate surface area is 119 Å². The zero-order valence-electron chi connectivity index (χ0n) is 12.5. The van der Waals surface area contributed by atoms with Crippen molar-refractivity contribution < 1.29 is 14.4 Å². The van der Waals surface area contributed by atoms with Crippen LogP contribution in [0.5, 0.6) is 5.75 Å². The maximum absolute atomic E-state index is 12.4. The number of amides is 1. The molecule has 1 aliphatic heterocycles. The number of benzene rings is 1. The number of fused-ring (bicyclic) bond motifs is 1. The van der Waals surface area contributed by atoms with Gasteiger partial charge in [-0.25, -0.2) is 5.06 Å². The van der Waals surface area contributed by atoms with Gasteiger partial charge in [-0.1, -0.05) is 26.0 Å². The topological polar surface area (TPSA) is 38.8 Å². The van der Waals surface area contributed by atoms with E-state index in [0.29, 0.717) is 0 Å². The molecule has 108 valence electrons. The summed E-state index contributed by atoms with van der Waals surface area (Å²) in [7, 11) is 3.20. The lowest BCUT2D eigenvalue weighted by molar-refractivity contribution is -0.171. The van der Waals surface area contributed by atoms with Crippen molar-refractivity contribution >= 4 is 5.91 Å². The van der Waals surface area contributed by atoms with E-state index in [1.807, 2.05) is 12.1 Å². The summed E-state index contributed by atoms with van der Waals surface area (Å²) >= 11 is 0. The van der Waals surface area contributed by atoms with Gasteiger partial charge in [-0.3, -0.25) is 9.63 Å². The Kier molecular flexibility index (Phi) is 3.01. The summed E-state index contributed by atoms with van der Waals surface area (Å²) in [5, 5.41) is 1.34. The van der Waals surface area contributed by atoms with Crippen LogP contribution in [0.3, 0.4) is 0 Å². The van der Waals surface area contributed by atoms with Crippen molar-refractivity contribution in [2.45, 2.75) is 26.2 Å². The van der Waals surface area contributed by atoms with Gasteiger partial charge in [0.05, 0.1) is 19.6 Å². The minimum absolute atomic E-state index is 0.0143. The van der Waals surface area contributed by atoms with Crippen LogP contribution in [0, 0.1) is 11.3 Å². The number of carbonyl (C=O) groups is 1. The molecule has 1 aromatic carbocycles. The van der Waals surface area contributed by atoms with Gasteiger partial charge in [-0.05, 0) is 17.0 Å². The number of ether oxygens (including phenoxy) is 1. The summed E-state index contributed by atoms with van der Waals surface area (Å²) in [6.45, 7) is 5.05. The lowest BCUT2D eigenvalue weighted by Crippen LogP contribution is -2.28. The molecule has 0 spiro atoms. The second-order valence-corrected chi connectivity index (χ2v) is 6.22. The second-order valence-electron chi connectivity index (χ2n) is 6.22. The van der Waals surface area contributed by atoms with Gasteiger partial charge < -0.3 is 4.74 Å². The standard InChI is InChI=1S/C16H21NO3/c1-16(2)13(14(16)15(18)17(3)19-4)11-6-5-7-12-10(11)8-9-20-12/h5-7,13-14H,8-9H2,1-4H3/t13?,14-/m0/s1. The number of hydrogen-bond acceptors (Lipinski definition) is 3. The van der Waals surface area contributed by atoms with Crippen molar-refractivity contribution in [3.8, 4) is 5.75 Å². The molecule has 0 saturated heterocycles. The summed E-state index contributed by atoms with van der Waals surface area (Å²) in [6, 6.07) is 6.18. The van der Waals surface area contributed by atoms with Crippen molar-refractivity contribution in [1.82, 2.24) is 5.06 Å². The van der Waals surface area contributed by atoms with E-state index in [-0.39, 0.29) is 23.2 Å². The molecule has 20 heavy (non-hydrogen) atoms. The van der Waals surface area contributed by atoms with Gasteiger partial charge in [-0.2, -0.15) is 0 Å². The van der Waals surface area contributed by atoms with Crippen LogP contribution < -0.4 is 4.74 Å². The van der Waals surface area contributed by atoms with Gasteiger partial charge in [0.25, 0.3) is 0 Å². The largest absolute Gasteiger partial charge is 0.493 e. The Bertz CT molecular complexity index is 553. The summed E-state index contributed by atoms with van der Waals surface area (Å²) in [5.41, 5.74) is 2.52. The number of rotatable bonds is 3. The first kappa shape index (κ1) is 13.4. The van der Waals surface area contributed by atoms with E-state index in [4.69, 9.17) is 9.57 Å². The molecule has 0 aromatic heterocycles. The Morgan fingerprint density at radius 2 is 2.20 bits per heavy atom. The quantitative estimate of drug-likeness (QED) is 0.795. The Balaban J connectivity index is 1.92. The molecule has 3 rings (SSSR count). The van der Waals surface area contributed by atoms with Gasteiger partial charge in [0, 0.05) is 24.9 Å². The van der Waals surface area contributed by atoms with Crippen molar-refractivity contribution in [3.63, 3.8) is 0 Å². The van der Waals surface area contributed by atoms with Gasteiger partial charge in [-0.15, -0.1) is 0 Å². The first-order chi connectivity index (χ1) is 9.48. The minimum atomic E-state index is -0.0262. The molecular formula is C16H21NO3. The van der Waals surface area contributed by atoms with E-state index in [1.54, 1.807) is 7.05 Å². The first-order valence-electron chi connectivity index (χ1n) is 7.04. The lowest BCUT2D eigenvalue weighted by atomic mass is 9.96. The molecule has 1 unspecified atom stereocenters. The zero-order chi connectivity index (χ0) is 14.5. The van der Waals surface area contributed by atoms with Gasteiger partial charge in [0.15, 0.2) is 0 Å². The van der Waals surface area contributed by atoms with Crippen LogP contribution in [0.4, 0.5) is 0 Å². The van der Waals surface area contributed by atoms with E-state index in [9.17, 15) is 4.79 Å². The average molecular weight is 275 g/mol. The molecule has 1 amide bonds. The minimum Gasteiger partial charge on any atom is -0.493 e. The molecule has 0 radical (unpaired) electrons. The van der Waals surface area contributed by atoms with Crippen LogP contribution in [0.2, 0.25) is 0 Å². The van der Waals surface area contributed by atoms with Gasteiger partial charge in [0.1, 0.15) is 5.75 Å². The third-order valence-corrected chi connectivity index (χ3v) is 4.79. The van der Waals surface area contributed by atoms with Crippen molar-refractivity contribution in [3.05, 3.63) is 29.3 Å². The molecule has 1 aliphatic carbocycles. The Morgan fingerprint density at radius 3 is 2.90 bits per heavy atom. The van der Waals surface area contributed by atoms with Crippen molar-refractivity contribution in [1.29, 1.82) is 0 Å². The highest BCUT2D eigenvalue weighted by atomic mass is 16.7. The molecule has 1 saturated carbocycles. The molecule has 0 bridgehead atoms. The molecule has 1 aromatic rings. The fourth-order valence-corrected chi connectivity index (χ4v) is 3.50. The number of carbonyl (C=O) groups excluding carboxylic acids is 1. The predicted octanol–water partition coefficient (Wildman–Crippen LogP) is 2.38. The third kappa shape index (κ3) is 1.82. The van der Waals surface area contributed by atoms with Crippen LogP contribution in [0.15, 0.2) is 18.2 Å². The summed E-state index contributed by atoms with van der Waals surface area (Å²) < 4.78 is 5.63. The highest BCUT2D eigenvalue weighted by Crippen LogP contribution is 2.66. The summed E-state index contributed by atoms with van der Waals surface area (Å²) in [4.78, 5) is 17.4. The van der Waals surface area contributed by atoms with Gasteiger partial charge in [0.2, 0.25) is 5.91 Å². The summed E-state index contributed by atoms with van der Waals surface area (Å²) in [6.07, 6.45) is 0.944. The van der Waals surface area contributed by atoms with E-state index in [1.165, 1.54) is 23.3 Å². The highest BCUT2D eigenvalue weighted by Gasteiger charge is 2.63. The smallest absolute Gasteiger partial charge is 0.250 e. The maximum atomic E-state index is 12.4. The highest BCUT2D eigenvalue weighted by molar-refractivity contribution is 5.84. The van der Waals surface area contributed by atoms with Crippen LogP contribution >= 0.6 is 0 Å². The Hall–Kier alpha value is -1.55. The molecule has 4 heteroatoms. The van der Waals surface area contributed by atoms with E-state index in [2.05, 4.69) is 19.9 Å². The molecule has 0 N–H and O–H groups in total. The third-order valence-electron chi connectivity index (χ3n) is 4.79. The summed E-state index contributed by atoms with van der Waals surface area (Å²) in [5.74, 6) is 1.28. The van der Waals surface area contributed by atoms with Crippen molar-refractivity contribution in [2.75, 3.05) is 20.8 Å². The lowest BCUT2D eigenvalue weighted by Gasteiger charge is -2.14. The van der Waals surface area contributed by atoms with E-state index < -0.39 is 0 Å². The second kappa shape index (κ2) is 4.48. The average Bonchev–Trinajstić information content (AvgIpc) is 2.78. The number of hydroxylamine groups is 2. The molecule has 2 aliphatic rings. The van der Waals surface area contributed by atoms with Crippen LogP contribution in [-0.4, -0.2) is 31.7 Å². The molecular weight excluding hydrogens is 254 g/mol. The number of nitrogens with zero attached hydrogens (tertiary/aromatic N) is 1. The van der Waals surface area contributed by atoms with Crippen molar-refractivity contribution in [2.24, 2.45) is 11.3 Å². The van der Waals surface area contributed by atoms with Crippen LogP contribution in [0.1, 0.15) is 30.9 Å². The SMILES string of the molecule is CON(C)C(=O)[C@@H]1C(c2cccc3c2CCO3)C1(C)C. The fraction of sp³-hybridized carbons (Fsp3) is 0.562. The fourth-order valence-electron chi connectivity index (χ4n) is 3.50. The van der Waals surface area contributed by atoms with E-state index >= 15 is 0 Å². The molecule has 1 fully saturated rings. The predicted molar refractivity (Wildman–Crippen MR) is 75.4 cm³/mol. The molecule has 2 atom stereocenters. The number of hydrogen-bond donors (Lipinski definition) is 0. The monoisotopic (exact) mass is 275 g/mol. The van der Waals surface area contributed by atoms with Crippen LogP contribution in [0.25, 0.3) is 0 Å². The molecule has 1 heterocycles. The normalized spacial score (nSPS) is 25.8.